The largest absolute Gasteiger partial charge is 0.469 e. The maximum absolute atomic E-state index is 5.72. The average Bonchev–Trinajstić information content (AvgIpc) is 2.83. The van der Waals surface area contributed by atoms with Crippen molar-refractivity contribution in [2.75, 3.05) is 13.2 Å². The second kappa shape index (κ2) is 4.90. The van der Waals surface area contributed by atoms with E-state index < -0.39 is 0 Å². The van der Waals surface area contributed by atoms with Crippen molar-refractivity contribution in [1.82, 2.24) is 10.2 Å². The number of aryl methyl sites for hydroxylation is 1. The van der Waals surface area contributed by atoms with E-state index in [1.807, 2.05) is 6.92 Å². The number of nitrogens with zero attached hydrogens (tertiary/aromatic N) is 2. The highest BCUT2D eigenvalue weighted by atomic mass is 32.1. The van der Waals surface area contributed by atoms with E-state index in [-0.39, 0.29) is 0 Å². The van der Waals surface area contributed by atoms with Gasteiger partial charge in [-0.15, -0.1) is 10.2 Å². The Kier molecular flexibility index (Phi) is 3.53. The highest BCUT2D eigenvalue weighted by Crippen LogP contribution is 2.31. The Balaban J connectivity index is 1.82. The molecule has 5 heteroatoms. The molecule has 2 unspecified atom stereocenters. The zero-order chi connectivity index (χ0) is 10.7. The van der Waals surface area contributed by atoms with E-state index in [9.17, 15) is 0 Å². The summed E-state index contributed by atoms with van der Waals surface area (Å²) >= 11 is 1.50. The van der Waals surface area contributed by atoms with Crippen molar-refractivity contribution in [3.63, 3.8) is 0 Å². The maximum atomic E-state index is 5.72. The molecule has 2 atom stereocenters. The summed E-state index contributed by atoms with van der Waals surface area (Å²) in [5.74, 6) is 1.25. The second-order valence-electron chi connectivity index (χ2n) is 4.08. The van der Waals surface area contributed by atoms with Crippen molar-refractivity contribution in [2.24, 2.45) is 17.6 Å². The molecule has 0 saturated heterocycles. The monoisotopic (exact) mass is 227 g/mol. The molecule has 0 radical (unpaired) electrons. The number of aromatic nitrogens is 2. The van der Waals surface area contributed by atoms with Gasteiger partial charge in [0.1, 0.15) is 5.01 Å². The van der Waals surface area contributed by atoms with Crippen molar-refractivity contribution in [1.29, 1.82) is 0 Å². The summed E-state index contributed by atoms with van der Waals surface area (Å²) in [6.45, 7) is 3.46. The van der Waals surface area contributed by atoms with Gasteiger partial charge >= 0.3 is 0 Å². The summed E-state index contributed by atoms with van der Waals surface area (Å²) in [6.07, 6.45) is 3.77. The van der Waals surface area contributed by atoms with Crippen LogP contribution in [-0.2, 0) is 0 Å². The molecule has 0 spiro atoms. The van der Waals surface area contributed by atoms with Gasteiger partial charge in [0.05, 0.1) is 6.61 Å². The van der Waals surface area contributed by atoms with Gasteiger partial charge < -0.3 is 10.5 Å². The molecular formula is C10H17N3OS. The lowest BCUT2D eigenvalue weighted by Crippen LogP contribution is -2.23. The second-order valence-corrected chi connectivity index (χ2v) is 5.23. The Morgan fingerprint density at radius 1 is 1.40 bits per heavy atom. The van der Waals surface area contributed by atoms with Crippen molar-refractivity contribution < 1.29 is 4.74 Å². The first-order chi connectivity index (χ1) is 7.29. The lowest BCUT2D eigenvalue weighted by molar-refractivity contribution is 0.215. The Morgan fingerprint density at radius 2 is 2.20 bits per heavy atom. The van der Waals surface area contributed by atoms with Crippen LogP contribution in [0.3, 0.4) is 0 Å². The zero-order valence-corrected chi connectivity index (χ0v) is 9.80. The Bertz CT molecular complexity index is 315. The van der Waals surface area contributed by atoms with Gasteiger partial charge in [-0.2, -0.15) is 0 Å². The number of hydrogen-bond donors (Lipinski definition) is 1. The van der Waals surface area contributed by atoms with Crippen LogP contribution in [0, 0.1) is 18.8 Å². The lowest BCUT2D eigenvalue weighted by Gasteiger charge is -2.16. The molecule has 0 bridgehead atoms. The van der Waals surface area contributed by atoms with Gasteiger partial charge in [-0.3, -0.25) is 0 Å². The minimum atomic E-state index is 0.610. The van der Waals surface area contributed by atoms with Crippen molar-refractivity contribution in [2.45, 2.75) is 26.2 Å². The SMILES string of the molecule is Cc1nnc(OCC2CCCC2CN)s1. The molecule has 1 aromatic heterocycles. The molecule has 2 rings (SSSR count). The fraction of sp³-hybridized carbons (Fsp3) is 0.800. The van der Waals surface area contributed by atoms with Crippen LogP contribution in [0.1, 0.15) is 24.3 Å². The van der Waals surface area contributed by atoms with Crippen LogP contribution >= 0.6 is 11.3 Å². The summed E-state index contributed by atoms with van der Waals surface area (Å²) in [7, 11) is 0. The van der Waals surface area contributed by atoms with Gasteiger partial charge in [-0.25, -0.2) is 0 Å². The van der Waals surface area contributed by atoms with E-state index in [0.29, 0.717) is 17.0 Å². The highest BCUT2D eigenvalue weighted by molar-refractivity contribution is 7.12. The molecule has 2 N–H and O–H groups in total. The van der Waals surface area contributed by atoms with E-state index in [1.165, 1.54) is 30.6 Å². The molecule has 1 fully saturated rings. The summed E-state index contributed by atoms with van der Waals surface area (Å²) in [4.78, 5) is 0. The summed E-state index contributed by atoms with van der Waals surface area (Å²) in [6, 6.07) is 0. The van der Waals surface area contributed by atoms with Crippen LogP contribution in [0.5, 0.6) is 5.19 Å². The summed E-state index contributed by atoms with van der Waals surface area (Å²) < 4.78 is 5.63. The highest BCUT2D eigenvalue weighted by Gasteiger charge is 2.26. The van der Waals surface area contributed by atoms with Gasteiger partial charge in [0, 0.05) is 0 Å². The van der Waals surface area contributed by atoms with Crippen LogP contribution in [0.2, 0.25) is 0 Å². The van der Waals surface area contributed by atoms with Crippen LogP contribution < -0.4 is 10.5 Å². The molecule has 1 aliphatic carbocycles. The number of nitrogens with two attached hydrogens (primary N) is 1. The summed E-state index contributed by atoms with van der Waals surface area (Å²) in [5, 5.41) is 9.50. The van der Waals surface area contributed by atoms with Crippen LogP contribution in [0.15, 0.2) is 0 Å². The van der Waals surface area contributed by atoms with Gasteiger partial charge in [-0.05, 0) is 38.1 Å². The first-order valence-electron chi connectivity index (χ1n) is 5.42. The standard InChI is InChI=1S/C10H17N3OS/c1-7-12-13-10(15-7)14-6-9-4-2-3-8(9)5-11/h8-9H,2-6,11H2,1H3. The van der Waals surface area contributed by atoms with E-state index in [0.717, 1.165) is 18.2 Å². The quantitative estimate of drug-likeness (QED) is 0.848. The van der Waals surface area contributed by atoms with Crippen molar-refractivity contribution in [3.8, 4) is 5.19 Å². The van der Waals surface area contributed by atoms with Crippen LogP contribution in [0.25, 0.3) is 0 Å². The van der Waals surface area contributed by atoms with Crippen LogP contribution in [-0.4, -0.2) is 23.3 Å². The normalized spacial score (nSPS) is 25.7. The summed E-state index contributed by atoms with van der Waals surface area (Å²) in [5.41, 5.74) is 5.72. The third-order valence-electron chi connectivity index (χ3n) is 3.05. The predicted molar refractivity (Wildman–Crippen MR) is 60.0 cm³/mol. The van der Waals surface area contributed by atoms with Gasteiger partial charge in [-0.1, -0.05) is 17.8 Å². The van der Waals surface area contributed by atoms with E-state index in [1.54, 1.807) is 0 Å². The lowest BCUT2D eigenvalue weighted by atomic mass is 9.97. The molecule has 4 nitrogen and oxygen atoms in total. The van der Waals surface area contributed by atoms with Gasteiger partial charge in [0.25, 0.3) is 5.19 Å². The van der Waals surface area contributed by atoms with E-state index >= 15 is 0 Å². The first-order valence-corrected chi connectivity index (χ1v) is 6.24. The van der Waals surface area contributed by atoms with Crippen LogP contribution in [0.4, 0.5) is 0 Å². The third kappa shape index (κ3) is 2.66. The minimum absolute atomic E-state index is 0.610. The zero-order valence-electron chi connectivity index (χ0n) is 8.98. The van der Waals surface area contributed by atoms with E-state index in [2.05, 4.69) is 10.2 Å². The number of rotatable bonds is 4. The smallest absolute Gasteiger partial charge is 0.294 e. The number of hydrogen-bond acceptors (Lipinski definition) is 5. The van der Waals surface area contributed by atoms with Gasteiger partial charge in [0.2, 0.25) is 0 Å². The molecule has 0 aromatic carbocycles. The van der Waals surface area contributed by atoms with E-state index in [4.69, 9.17) is 10.5 Å². The first kappa shape index (κ1) is 10.8. The molecule has 1 heterocycles. The molecule has 1 saturated carbocycles. The molecule has 84 valence electrons. The van der Waals surface area contributed by atoms with Gasteiger partial charge in [0.15, 0.2) is 0 Å². The average molecular weight is 227 g/mol. The number of ether oxygens (including phenoxy) is 1. The third-order valence-corrected chi connectivity index (χ3v) is 3.80. The van der Waals surface area contributed by atoms with Crippen molar-refractivity contribution >= 4 is 11.3 Å². The predicted octanol–water partition coefficient (Wildman–Crippen LogP) is 1.60. The molecule has 0 aliphatic heterocycles. The topological polar surface area (TPSA) is 61.0 Å². The fourth-order valence-corrected chi connectivity index (χ4v) is 2.70. The van der Waals surface area contributed by atoms with Crippen molar-refractivity contribution in [3.05, 3.63) is 5.01 Å². The fourth-order valence-electron chi connectivity index (χ4n) is 2.16. The minimum Gasteiger partial charge on any atom is -0.469 e. The molecule has 0 amide bonds. The Morgan fingerprint density at radius 3 is 2.87 bits per heavy atom. The molecule has 1 aliphatic rings. The molecule has 15 heavy (non-hydrogen) atoms. The maximum Gasteiger partial charge on any atom is 0.294 e. The molecular weight excluding hydrogens is 210 g/mol. The Hall–Kier alpha value is -0.680. The molecule has 1 aromatic rings. The Labute approximate surface area is 93.8 Å².